The monoisotopic (exact) mass is 270 g/mol. The van der Waals surface area contributed by atoms with E-state index in [2.05, 4.69) is 10.6 Å². The van der Waals surface area contributed by atoms with E-state index in [-0.39, 0.29) is 24.5 Å². The third kappa shape index (κ3) is 7.70. The van der Waals surface area contributed by atoms with Gasteiger partial charge in [0.15, 0.2) is 0 Å². The number of amides is 2. The summed E-state index contributed by atoms with van der Waals surface area (Å²) in [5, 5.41) is 14.4. The first-order valence-electron chi connectivity index (χ1n) is 7.36. The molecule has 5 nitrogen and oxygen atoms in total. The lowest BCUT2D eigenvalue weighted by Gasteiger charge is -2.22. The summed E-state index contributed by atoms with van der Waals surface area (Å²) in [6.07, 6.45) is 8.85. The molecule has 1 unspecified atom stereocenters. The first-order valence-corrected chi connectivity index (χ1v) is 7.36. The molecule has 1 atom stereocenters. The molecule has 3 N–H and O–H groups in total. The Labute approximate surface area is 115 Å². The SMILES string of the molecule is CC(CCC(=O)O)NC(=O)NC1CCCCCCC1. The number of hydrogen-bond acceptors (Lipinski definition) is 2. The van der Waals surface area contributed by atoms with Crippen LogP contribution in [0.15, 0.2) is 0 Å². The summed E-state index contributed by atoms with van der Waals surface area (Å²) in [6, 6.07) is 0.0000850. The maximum Gasteiger partial charge on any atom is 0.315 e. The van der Waals surface area contributed by atoms with Gasteiger partial charge in [-0.15, -0.1) is 0 Å². The van der Waals surface area contributed by atoms with Gasteiger partial charge in [-0.1, -0.05) is 32.1 Å². The highest BCUT2D eigenvalue weighted by atomic mass is 16.4. The molecule has 0 heterocycles. The number of rotatable bonds is 5. The molecule has 19 heavy (non-hydrogen) atoms. The van der Waals surface area contributed by atoms with Crippen LogP contribution in [-0.2, 0) is 4.79 Å². The molecule has 1 aliphatic rings. The third-order valence-electron chi connectivity index (χ3n) is 3.61. The molecular weight excluding hydrogens is 244 g/mol. The Kier molecular flexibility index (Phi) is 7.30. The van der Waals surface area contributed by atoms with Crippen LogP contribution in [0.1, 0.15) is 64.7 Å². The molecule has 1 saturated carbocycles. The molecule has 0 aliphatic heterocycles. The van der Waals surface area contributed by atoms with Gasteiger partial charge in [0.05, 0.1) is 0 Å². The van der Waals surface area contributed by atoms with Gasteiger partial charge in [-0.25, -0.2) is 4.79 Å². The minimum absolute atomic E-state index is 0.0882. The van der Waals surface area contributed by atoms with E-state index in [4.69, 9.17) is 5.11 Å². The predicted octanol–water partition coefficient (Wildman–Crippen LogP) is 2.65. The molecule has 0 spiro atoms. The van der Waals surface area contributed by atoms with Gasteiger partial charge in [-0.3, -0.25) is 4.79 Å². The Morgan fingerprint density at radius 1 is 1.16 bits per heavy atom. The maximum atomic E-state index is 11.8. The number of hydrogen-bond donors (Lipinski definition) is 3. The molecule has 1 fully saturated rings. The van der Waals surface area contributed by atoms with Crippen molar-refractivity contribution in [2.45, 2.75) is 76.8 Å². The van der Waals surface area contributed by atoms with Gasteiger partial charge in [0.1, 0.15) is 0 Å². The molecule has 110 valence electrons. The van der Waals surface area contributed by atoms with E-state index >= 15 is 0 Å². The second kappa shape index (κ2) is 8.77. The van der Waals surface area contributed by atoms with Gasteiger partial charge in [-0.2, -0.15) is 0 Å². The zero-order valence-electron chi connectivity index (χ0n) is 11.8. The van der Waals surface area contributed by atoms with Crippen LogP contribution in [0.5, 0.6) is 0 Å². The zero-order valence-corrected chi connectivity index (χ0v) is 11.8. The number of carboxylic acid groups (broad SMARTS) is 1. The molecule has 0 radical (unpaired) electrons. The summed E-state index contributed by atoms with van der Waals surface area (Å²) in [7, 11) is 0. The van der Waals surface area contributed by atoms with E-state index in [1.807, 2.05) is 6.92 Å². The van der Waals surface area contributed by atoms with E-state index < -0.39 is 5.97 Å². The Morgan fingerprint density at radius 3 is 2.32 bits per heavy atom. The van der Waals surface area contributed by atoms with Gasteiger partial charge < -0.3 is 15.7 Å². The van der Waals surface area contributed by atoms with E-state index in [0.29, 0.717) is 6.42 Å². The number of carboxylic acids is 1. The van der Waals surface area contributed by atoms with Gasteiger partial charge in [-0.05, 0) is 26.2 Å². The topological polar surface area (TPSA) is 78.4 Å². The highest BCUT2D eigenvalue weighted by Gasteiger charge is 2.15. The predicted molar refractivity (Wildman–Crippen MR) is 74.1 cm³/mol. The molecule has 1 rings (SSSR count). The Bertz CT molecular complexity index is 286. The van der Waals surface area contributed by atoms with Crippen molar-refractivity contribution in [3.63, 3.8) is 0 Å². The summed E-state index contributed by atoms with van der Waals surface area (Å²) in [4.78, 5) is 22.2. The van der Waals surface area contributed by atoms with E-state index in [1.165, 1.54) is 32.1 Å². The second-order valence-electron chi connectivity index (χ2n) is 5.49. The fourth-order valence-electron chi connectivity index (χ4n) is 2.46. The molecule has 0 aromatic rings. The molecular formula is C14H26N2O3. The third-order valence-corrected chi connectivity index (χ3v) is 3.61. The average Bonchev–Trinajstić information content (AvgIpc) is 2.30. The lowest BCUT2D eigenvalue weighted by Crippen LogP contribution is -2.45. The van der Waals surface area contributed by atoms with Crippen LogP contribution in [-0.4, -0.2) is 29.2 Å². The summed E-state index contributed by atoms with van der Waals surface area (Å²) >= 11 is 0. The molecule has 2 amide bonds. The average molecular weight is 270 g/mol. The van der Waals surface area contributed by atoms with Crippen LogP contribution in [0.2, 0.25) is 0 Å². The smallest absolute Gasteiger partial charge is 0.315 e. The minimum Gasteiger partial charge on any atom is -0.481 e. The largest absolute Gasteiger partial charge is 0.481 e. The minimum atomic E-state index is -0.825. The van der Waals surface area contributed by atoms with Crippen molar-refractivity contribution >= 4 is 12.0 Å². The molecule has 0 aromatic heterocycles. The standard InChI is InChI=1S/C14H26N2O3/c1-11(9-10-13(17)18)15-14(19)16-12-7-5-3-2-4-6-8-12/h11-12H,2-10H2,1H3,(H,17,18)(H2,15,16,19). The summed E-state index contributed by atoms with van der Waals surface area (Å²) in [6.45, 7) is 1.83. The fourth-order valence-corrected chi connectivity index (χ4v) is 2.46. The van der Waals surface area contributed by atoms with Gasteiger partial charge in [0.25, 0.3) is 0 Å². The van der Waals surface area contributed by atoms with Crippen molar-refractivity contribution in [1.82, 2.24) is 10.6 Å². The van der Waals surface area contributed by atoms with Crippen molar-refractivity contribution in [2.24, 2.45) is 0 Å². The van der Waals surface area contributed by atoms with Gasteiger partial charge in [0.2, 0.25) is 0 Å². The van der Waals surface area contributed by atoms with Crippen LogP contribution < -0.4 is 10.6 Å². The Morgan fingerprint density at radius 2 is 1.74 bits per heavy atom. The lowest BCUT2D eigenvalue weighted by molar-refractivity contribution is -0.137. The van der Waals surface area contributed by atoms with E-state index in [9.17, 15) is 9.59 Å². The molecule has 5 heteroatoms. The van der Waals surface area contributed by atoms with Gasteiger partial charge in [0, 0.05) is 18.5 Å². The highest BCUT2D eigenvalue weighted by Crippen LogP contribution is 2.16. The second-order valence-corrected chi connectivity index (χ2v) is 5.49. The molecule has 1 aliphatic carbocycles. The zero-order chi connectivity index (χ0) is 14.1. The first-order chi connectivity index (χ1) is 9.08. The van der Waals surface area contributed by atoms with Crippen molar-refractivity contribution in [3.05, 3.63) is 0 Å². The molecule has 0 bridgehead atoms. The number of nitrogens with one attached hydrogen (secondary N) is 2. The Balaban J connectivity index is 2.22. The summed E-state index contributed by atoms with van der Waals surface area (Å²) < 4.78 is 0. The quantitative estimate of drug-likeness (QED) is 0.718. The van der Waals surface area contributed by atoms with Crippen molar-refractivity contribution in [1.29, 1.82) is 0 Å². The fraction of sp³-hybridized carbons (Fsp3) is 0.857. The number of carbonyl (C=O) groups excluding carboxylic acids is 1. The van der Waals surface area contributed by atoms with Crippen LogP contribution in [0.4, 0.5) is 4.79 Å². The van der Waals surface area contributed by atoms with Crippen molar-refractivity contribution in [3.8, 4) is 0 Å². The number of aliphatic carboxylic acids is 1. The van der Waals surface area contributed by atoms with Crippen LogP contribution in [0, 0.1) is 0 Å². The lowest BCUT2D eigenvalue weighted by atomic mass is 9.97. The number of urea groups is 1. The summed E-state index contributed by atoms with van der Waals surface area (Å²) in [5.74, 6) is -0.825. The van der Waals surface area contributed by atoms with Crippen LogP contribution in [0.25, 0.3) is 0 Å². The molecule has 0 saturated heterocycles. The van der Waals surface area contributed by atoms with Crippen molar-refractivity contribution < 1.29 is 14.7 Å². The van der Waals surface area contributed by atoms with Gasteiger partial charge >= 0.3 is 12.0 Å². The first kappa shape index (κ1) is 15.8. The van der Waals surface area contributed by atoms with Crippen molar-refractivity contribution in [2.75, 3.05) is 0 Å². The van der Waals surface area contributed by atoms with E-state index in [1.54, 1.807) is 0 Å². The van der Waals surface area contributed by atoms with Crippen LogP contribution >= 0.6 is 0 Å². The van der Waals surface area contributed by atoms with E-state index in [0.717, 1.165) is 12.8 Å². The highest BCUT2D eigenvalue weighted by molar-refractivity contribution is 5.74. The Hall–Kier alpha value is -1.26. The van der Waals surface area contributed by atoms with Crippen LogP contribution in [0.3, 0.4) is 0 Å². The normalized spacial score (nSPS) is 19.0. The maximum absolute atomic E-state index is 11.8. The summed E-state index contributed by atoms with van der Waals surface area (Å²) in [5.41, 5.74) is 0. The number of carbonyl (C=O) groups is 2. The molecule has 0 aromatic carbocycles.